The molecule has 0 saturated heterocycles. The van der Waals surface area contributed by atoms with Crippen molar-refractivity contribution in [2.24, 2.45) is 0 Å². The fourth-order valence-electron chi connectivity index (χ4n) is 2.24. The number of pyridine rings is 1. The van der Waals surface area contributed by atoms with Crippen molar-refractivity contribution in [2.75, 3.05) is 5.73 Å². The minimum Gasteiger partial charge on any atom is -0.399 e. The Morgan fingerprint density at radius 1 is 1.19 bits per heavy atom. The van der Waals surface area contributed by atoms with E-state index in [-0.39, 0.29) is 17.9 Å². The number of amides is 1. The molecule has 0 saturated carbocycles. The van der Waals surface area contributed by atoms with E-state index in [9.17, 15) is 4.79 Å². The molecule has 0 bridgehead atoms. The van der Waals surface area contributed by atoms with Crippen LogP contribution in [-0.4, -0.2) is 10.9 Å². The maximum Gasteiger partial charge on any atom is 0.221 e. The average Bonchev–Trinajstić information content (AvgIpc) is 2.48. The lowest BCUT2D eigenvalue weighted by molar-refractivity contribution is -0.122. The van der Waals surface area contributed by atoms with Crippen molar-refractivity contribution < 1.29 is 4.79 Å². The van der Waals surface area contributed by atoms with Gasteiger partial charge in [0.25, 0.3) is 0 Å². The van der Waals surface area contributed by atoms with Gasteiger partial charge in [0.15, 0.2) is 0 Å². The van der Waals surface area contributed by atoms with Gasteiger partial charge in [-0.05, 0) is 42.2 Å². The highest BCUT2D eigenvalue weighted by atomic mass is 16.1. The molecule has 4 heteroatoms. The third kappa shape index (κ3) is 4.31. The van der Waals surface area contributed by atoms with E-state index < -0.39 is 0 Å². The van der Waals surface area contributed by atoms with Crippen LogP contribution in [0, 0.1) is 0 Å². The normalized spacial score (nSPS) is 13.4. The van der Waals surface area contributed by atoms with Crippen molar-refractivity contribution in [3.8, 4) is 0 Å². The summed E-state index contributed by atoms with van der Waals surface area (Å²) < 4.78 is 0. The van der Waals surface area contributed by atoms with E-state index in [1.807, 2.05) is 50.2 Å². The van der Waals surface area contributed by atoms with E-state index >= 15 is 0 Å². The predicted molar refractivity (Wildman–Crippen MR) is 84.7 cm³/mol. The van der Waals surface area contributed by atoms with Crippen molar-refractivity contribution in [3.63, 3.8) is 0 Å². The van der Waals surface area contributed by atoms with Crippen LogP contribution in [0.15, 0.2) is 48.8 Å². The lowest BCUT2D eigenvalue weighted by atomic mass is 9.97. The zero-order chi connectivity index (χ0) is 15.2. The fraction of sp³-hybridized carbons (Fsp3) is 0.294. The zero-order valence-electron chi connectivity index (χ0n) is 12.4. The van der Waals surface area contributed by atoms with Crippen LogP contribution in [0.4, 0.5) is 5.69 Å². The first-order valence-electron chi connectivity index (χ1n) is 7.11. The van der Waals surface area contributed by atoms with Gasteiger partial charge < -0.3 is 11.1 Å². The number of nitrogen functional groups attached to an aromatic ring is 1. The van der Waals surface area contributed by atoms with Gasteiger partial charge in [0.05, 0.1) is 6.04 Å². The third-order valence-corrected chi connectivity index (χ3v) is 3.56. The Bertz CT molecular complexity index is 581. The van der Waals surface area contributed by atoms with E-state index in [2.05, 4.69) is 10.3 Å². The molecule has 110 valence electrons. The minimum absolute atomic E-state index is 0.0372. The van der Waals surface area contributed by atoms with Gasteiger partial charge in [-0.3, -0.25) is 9.78 Å². The van der Waals surface area contributed by atoms with Crippen LogP contribution < -0.4 is 11.1 Å². The van der Waals surface area contributed by atoms with Gasteiger partial charge >= 0.3 is 0 Å². The number of hydrogen-bond acceptors (Lipinski definition) is 3. The summed E-state index contributed by atoms with van der Waals surface area (Å²) in [6, 6.07) is 11.5. The Kier molecular flexibility index (Phi) is 4.93. The zero-order valence-corrected chi connectivity index (χ0v) is 12.4. The molecule has 1 aromatic carbocycles. The smallest absolute Gasteiger partial charge is 0.221 e. The molecular formula is C17H21N3O. The lowest BCUT2D eigenvalue weighted by Crippen LogP contribution is -2.27. The van der Waals surface area contributed by atoms with Gasteiger partial charge in [-0.15, -0.1) is 0 Å². The molecule has 2 aromatic rings. The van der Waals surface area contributed by atoms with Crippen molar-refractivity contribution in [1.82, 2.24) is 10.3 Å². The number of nitrogens with two attached hydrogens (primary N) is 1. The number of benzene rings is 1. The second-order valence-electron chi connectivity index (χ2n) is 5.35. The molecule has 2 unspecified atom stereocenters. The highest BCUT2D eigenvalue weighted by molar-refractivity contribution is 5.77. The SMILES string of the molecule is CC(CC(=O)NC(C)c1cccnc1)c1ccc(N)cc1. The average molecular weight is 283 g/mol. The highest BCUT2D eigenvalue weighted by Gasteiger charge is 2.14. The van der Waals surface area contributed by atoms with Crippen LogP contribution in [-0.2, 0) is 4.79 Å². The molecule has 0 spiro atoms. The number of carbonyl (C=O) groups excluding carboxylic acids is 1. The maximum absolute atomic E-state index is 12.1. The fourth-order valence-corrected chi connectivity index (χ4v) is 2.24. The number of aromatic nitrogens is 1. The van der Waals surface area contributed by atoms with E-state index in [1.54, 1.807) is 12.4 Å². The molecule has 2 atom stereocenters. The summed E-state index contributed by atoms with van der Waals surface area (Å²) in [5, 5.41) is 3.00. The molecule has 0 fully saturated rings. The number of nitrogens with zero attached hydrogens (tertiary/aromatic N) is 1. The summed E-state index contributed by atoms with van der Waals surface area (Å²) in [6.45, 7) is 4.00. The number of anilines is 1. The first-order valence-corrected chi connectivity index (χ1v) is 7.11. The maximum atomic E-state index is 12.1. The minimum atomic E-state index is -0.0372. The first-order chi connectivity index (χ1) is 10.1. The summed E-state index contributed by atoms with van der Waals surface area (Å²) in [5.41, 5.74) is 8.53. The topological polar surface area (TPSA) is 68.0 Å². The molecule has 1 amide bonds. The summed E-state index contributed by atoms with van der Waals surface area (Å²) in [5.74, 6) is 0.197. The Morgan fingerprint density at radius 2 is 1.90 bits per heavy atom. The van der Waals surface area contributed by atoms with E-state index in [0.29, 0.717) is 6.42 Å². The van der Waals surface area contributed by atoms with Crippen LogP contribution >= 0.6 is 0 Å². The molecule has 1 aromatic heterocycles. The van der Waals surface area contributed by atoms with E-state index in [0.717, 1.165) is 16.8 Å². The van der Waals surface area contributed by atoms with Crippen molar-refractivity contribution in [2.45, 2.75) is 32.2 Å². The molecule has 0 aliphatic heterocycles. The molecule has 0 aliphatic carbocycles. The summed E-state index contributed by atoms with van der Waals surface area (Å²) in [6.07, 6.45) is 3.95. The second kappa shape index (κ2) is 6.88. The van der Waals surface area contributed by atoms with E-state index in [4.69, 9.17) is 5.73 Å². The Labute approximate surface area is 125 Å². The number of nitrogens with one attached hydrogen (secondary N) is 1. The first kappa shape index (κ1) is 15.0. The standard InChI is InChI=1S/C17H21N3O/c1-12(14-5-7-16(18)8-6-14)10-17(21)20-13(2)15-4-3-9-19-11-15/h3-9,11-13H,10,18H2,1-2H3,(H,20,21). The number of rotatable bonds is 5. The lowest BCUT2D eigenvalue weighted by Gasteiger charge is -2.16. The van der Waals surface area contributed by atoms with Gasteiger partial charge in [-0.1, -0.05) is 25.1 Å². The summed E-state index contributed by atoms with van der Waals surface area (Å²) in [7, 11) is 0. The molecule has 21 heavy (non-hydrogen) atoms. The van der Waals surface area contributed by atoms with Crippen LogP contribution in [0.25, 0.3) is 0 Å². The van der Waals surface area contributed by atoms with Gasteiger partial charge in [-0.2, -0.15) is 0 Å². The van der Waals surface area contributed by atoms with Crippen molar-refractivity contribution in [1.29, 1.82) is 0 Å². The molecule has 0 aliphatic rings. The van der Waals surface area contributed by atoms with Crippen LogP contribution in [0.2, 0.25) is 0 Å². The Morgan fingerprint density at radius 3 is 2.52 bits per heavy atom. The number of hydrogen-bond donors (Lipinski definition) is 2. The van der Waals surface area contributed by atoms with Crippen LogP contribution in [0.3, 0.4) is 0 Å². The third-order valence-electron chi connectivity index (χ3n) is 3.56. The summed E-state index contributed by atoms with van der Waals surface area (Å²) in [4.78, 5) is 16.2. The molecule has 3 N–H and O–H groups in total. The molecule has 1 heterocycles. The van der Waals surface area contributed by atoms with Crippen LogP contribution in [0.1, 0.15) is 43.4 Å². The number of carbonyl (C=O) groups is 1. The molecule has 0 radical (unpaired) electrons. The monoisotopic (exact) mass is 283 g/mol. The largest absolute Gasteiger partial charge is 0.399 e. The Balaban J connectivity index is 1.91. The second-order valence-corrected chi connectivity index (χ2v) is 5.35. The van der Waals surface area contributed by atoms with Crippen molar-refractivity contribution >= 4 is 11.6 Å². The quantitative estimate of drug-likeness (QED) is 0.829. The molecule has 2 rings (SSSR count). The molecule has 4 nitrogen and oxygen atoms in total. The van der Waals surface area contributed by atoms with Crippen LogP contribution in [0.5, 0.6) is 0 Å². The Hall–Kier alpha value is -2.36. The van der Waals surface area contributed by atoms with Gasteiger partial charge in [0, 0.05) is 24.5 Å². The summed E-state index contributed by atoms with van der Waals surface area (Å²) >= 11 is 0. The molecular weight excluding hydrogens is 262 g/mol. The highest BCUT2D eigenvalue weighted by Crippen LogP contribution is 2.20. The van der Waals surface area contributed by atoms with Gasteiger partial charge in [0.1, 0.15) is 0 Å². The van der Waals surface area contributed by atoms with Gasteiger partial charge in [-0.25, -0.2) is 0 Å². The van der Waals surface area contributed by atoms with Crippen molar-refractivity contribution in [3.05, 3.63) is 59.9 Å². The van der Waals surface area contributed by atoms with E-state index in [1.165, 1.54) is 0 Å². The predicted octanol–water partition coefficient (Wildman–Crippen LogP) is 3.03. The van der Waals surface area contributed by atoms with Gasteiger partial charge in [0.2, 0.25) is 5.91 Å².